The average Bonchev–Trinajstić information content (AvgIpc) is 2.47. The van der Waals surface area contributed by atoms with Crippen LogP contribution in [0.1, 0.15) is 22.8 Å². The van der Waals surface area contributed by atoms with Crippen molar-refractivity contribution in [3.8, 4) is 5.75 Å². The largest absolute Gasteiger partial charge is 0.493 e. The Morgan fingerprint density at radius 1 is 1.10 bits per heavy atom. The number of ether oxygens (including phenoxy) is 1. The molecule has 0 heterocycles. The van der Waals surface area contributed by atoms with Gasteiger partial charge in [-0.05, 0) is 37.6 Å². The highest BCUT2D eigenvalue weighted by molar-refractivity contribution is 8.00. The van der Waals surface area contributed by atoms with Crippen molar-refractivity contribution in [2.75, 3.05) is 12.4 Å². The van der Waals surface area contributed by atoms with Crippen LogP contribution >= 0.6 is 11.8 Å². The van der Waals surface area contributed by atoms with E-state index in [9.17, 15) is 4.79 Å². The van der Waals surface area contributed by atoms with E-state index in [4.69, 9.17) is 4.74 Å². The lowest BCUT2D eigenvalue weighted by Gasteiger charge is -2.09. The second kappa shape index (κ2) is 7.15. The molecule has 2 rings (SSSR count). The second-order valence-corrected chi connectivity index (χ2v) is 5.42. The number of aryl methyl sites for hydroxylation is 1. The Hall–Kier alpha value is -1.74. The zero-order chi connectivity index (χ0) is 14.4. The molecule has 3 heteroatoms. The first kappa shape index (κ1) is 14.7. The van der Waals surface area contributed by atoms with Crippen LogP contribution in [0.2, 0.25) is 0 Å². The summed E-state index contributed by atoms with van der Waals surface area (Å²) in [6, 6.07) is 15.5. The number of ketones is 1. The van der Waals surface area contributed by atoms with Gasteiger partial charge in [-0.15, -0.1) is 11.8 Å². The van der Waals surface area contributed by atoms with Crippen LogP contribution < -0.4 is 4.74 Å². The van der Waals surface area contributed by atoms with Gasteiger partial charge in [0.05, 0.1) is 17.9 Å². The SMILES string of the molecule is CCOc1ccccc1C(=O)CSc1ccccc1C. The van der Waals surface area contributed by atoms with E-state index >= 15 is 0 Å². The van der Waals surface area contributed by atoms with Crippen LogP contribution in [0.5, 0.6) is 5.75 Å². The summed E-state index contributed by atoms with van der Waals surface area (Å²) in [5, 5.41) is 0. The molecular weight excluding hydrogens is 268 g/mol. The third-order valence-corrected chi connectivity index (χ3v) is 4.12. The molecule has 0 radical (unpaired) electrons. The molecule has 2 nitrogen and oxygen atoms in total. The van der Waals surface area contributed by atoms with Gasteiger partial charge < -0.3 is 4.74 Å². The number of benzene rings is 2. The fourth-order valence-corrected chi connectivity index (χ4v) is 2.83. The number of hydrogen-bond donors (Lipinski definition) is 0. The first-order valence-electron chi connectivity index (χ1n) is 6.66. The molecule has 0 aromatic heterocycles. The lowest BCUT2D eigenvalue weighted by Crippen LogP contribution is -2.06. The van der Waals surface area contributed by atoms with Gasteiger partial charge in [0, 0.05) is 4.90 Å². The van der Waals surface area contributed by atoms with E-state index < -0.39 is 0 Å². The molecular formula is C17H18O2S. The van der Waals surface area contributed by atoms with Crippen LogP contribution in [0.3, 0.4) is 0 Å². The van der Waals surface area contributed by atoms with Crippen LogP contribution in [0.15, 0.2) is 53.4 Å². The third-order valence-electron chi connectivity index (χ3n) is 2.94. The van der Waals surface area contributed by atoms with E-state index in [0.29, 0.717) is 23.7 Å². The molecule has 104 valence electrons. The molecule has 2 aromatic rings. The fraction of sp³-hybridized carbons (Fsp3) is 0.235. The molecule has 0 saturated carbocycles. The predicted molar refractivity (Wildman–Crippen MR) is 83.8 cm³/mol. The number of carbonyl (C=O) groups excluding carboxylic acids is 1. The van der Waals surface area contributed by atoms with Gasteiger partial charge in [-0.2, -0.15) is 0 Å². The van der Waals surface area contributed by atoms with Crippen molar-refractivity contribution in [3.63, 3.8) is 0 Å². The summed E-state index contributed by atoms with van der Waals surface area (Å²) in [6.45, 7) is 4.54. The topological polar surface area (TPSA) is 26.3 Å². The molecule has 2 aromatic carbocycles. The summed E-state index contributed by atoms with van der Waals surface area (Å²) in [5.74, 6) is 1.20. The highest BCUT2D eigenvalue weighted by Gasteiger charge is 2.12. The van der Waals surface area contributed by atoms with Gasteiger partial charge in [0.15, 0.2) is 5.78 Å². The summed E-state index contributed by atoms with van der Waals surface area (Å²) < 4.78 is 5.50. The third kappa shape index (κ3) is 3.64. The summed E-state index contributed by atoms with van der Waals surface area (Å²) in [6.07, 6.45) is 0. The van der Waals surface area contributed by atoms with Gasteiger partial charge in [0.1, 0.15) is 5.75 Å². The maximum Gasteiger partial charge on any atom is 0.176 e. The first-order valence-corrected chi connectivity index (χ1v) is 7.64. The van der Waals surface area contributed by atoms with E-state index in [-0.39, 0.29) is 5.78 Å². The number of para-hydroxylation sites is 1. The molecule has 0 unspecified atom stereocenters. The Kier molecular flexibility index (Phi) is 5.24. The highest BCUT2D eigenvalue weighted by atomic mass is 32.2. The van der Waals surface area contributed by atoms with E-state index in [0.717, 1.165) is 4.90 Å². The van der Waals surface area contributed by atoms with E-state index in [2.05, 4.69) is 13.0 Å². The van der Waals surface area contributed by atoms with Gasteiger partial charge >= 0.3 is 0 Å². The molecule has 0 aliphatic carbocycles. The molecule has 0 fully saturated rings. The smallest absolute Gasteiger partial charge is 0.176 e. The van der Waals surface area contributed by atoms with Crippen LogP contribution in [-0.4, -0.2) is 18.1 Å². The summed E-state index contributed by atoms with van der Waals surface area (Å²) in [7, 11) is 0. The Balaban J connectivity index is 2.07. The molecule has 20 heavy (non-hydrogen) atoms. The maximum atomic E-state index is 12.3. The van der Waals surface area contributed by atoms with Crippen LogP contribution in [0.25, 0.3) is 0 Å². The van der Waals surface area contributed by atoms with Gasteiger partial charge in [-0.25, -0.2) is 0 Å². The standard InChI is InChI=1S/C17H18O2S/c1-3-19-16-10-6-5-9-14(16)15(18)12-20-17-11-7-4-8-13(17)2/h4-11H,3,12H2,1-2H3. The molecule has 0 aliphatic rings. The quantitative estimate of drug-likeness (QED) is 0.582. The molecule has 0 spiro atoms. The zero-order valence-electron chi connectivity index (χ0n) is 11.8. The molecule has 0 bridgehead atoms. The highest BCUT2D eigenvalue weighted by Crippen LogP contribution is 2.25. The van der Waals surface area contributed by atoms with E-state index in [1.165, 1.54) is 5.56 Å². The van der Waals surface area contributed by atoms with Gasteiger partial charge in [-0.3, -0.25) is 4.79 Å². The van der Waals surface area contributed by atoms with Gasteiger partial charge in [0.2, 0.25) is 0 Å². The Morgan fingerprint density at radius 2 is 1.80 bits per heavy atom. The minimum Gasteiger partial charge on any atom is -0.493 e. The number of thioether (sulfide) groups is 1. The van der Waals surface area contributed by atoms with Crippen molar-refractivity contribution < 1.29 is 9.53 Å². The monoisotopic (exact) mass is 286 g/mol. The van der Waals surface area contributed by atoms with Crippen LogP contribution in [0.4, 0.5) is 0 Å². The van der Waals surface area contributed by atoms with Crippen LogP contribution in [-0.2, 0) is 0 Å². The summed E-state index contributed by atoms with van der Waals surface area (Å²) in [4.78, 5) is 13.5. The van der Waals surface area contributed by atoms with Crippen molar-refractivity contribution >= 4 is 17.5 Å². The minimum atomic E-state index is 0.0994. The minimum absolute atomic E-state index is 0.0994. The molecule has 0 atom stereocenters. The Bertz CT molecular complexity index is 593. The maximum absolute atomic E-state index is 12.3. The van der Waals surface area contributed by atoms with Crippen molar-refractivity contribution in [2.24, 2.45) is 0 Å². The number of hydrogen-bond acceptors (Lipinski definition) is 3. The van der Waals surface area contributed by atoms with Gasteiger partial charge in [0.25, 0.3) is 0 Å². The Labute approximate surface area is 124 Å². The average molecular weight is 286 g/mol. The first-order chi connectivity index (χ1) is 9.72. The van der Waals surface area contributed by atoms with Crippen molar-refractivity contribution in [3.05, 3.63) is 59.7 Å². The number of Topliss-reactive ketones (excluding diaryl/α,β-unsaturated/α-hetero) is 1. The van der Waals surface area contributed by atoms with Crippen molar-refractivity contribution in [1.82, 2.24) is 0 Å². The van der Waals surface area contributed by atoms with Crippen molar-refractivity contribution in [1.29, 1.82) is 0 Å². The normalized spacial score (nSPS) is 10.3. The Morgan fingerprint density at radius 3 is 2.55 bits per heavy atom. The van der Waals surface area contributed by atoms with Crippen LogP contribution in [0, 0.1) is 6.92 Å². The second-order valence-electron chi connectivity index (χ2n) is 4.41. The molecule has 0 aliphatic heterocycles. The predicted octanol–water partition coefficient (Wildman–Crippen LogP) is 4.37. The summed E-state index contributed by atoms with van der Waals surface area (Å²) in [5.41, 5.74) is 1.86. The van der Waals surface area contributed by atoms with Crippen molar-refractivity contribution in [2.45, 2.75) is 18.7 Å². The fourth-order valence-electron chi connectivity index (χ4n) is 1.92. The lowest BCUT2D eigenvalue weighted by molar-refractivity contribution is 0.101. The number of carbonyl (C=O) groups is 1. The van der Waals surface area contributed by atoms with E-state index in [1.54, 1.807) is 11.8 Å². The lowest BCUT2D eigenvalue weighted by atomic mass is 10.1. The summed E-state index contributed by atoms with van der Waals surface area (Å²) >= 11 is 1.57. The number of rotatable bonds is 6. The molecule has 0 N–H and O–H groups in total. The zero-order valence-corrected chi connectivity index (χ0v) is 12.6. The molecule has 0 saturated heterocycles. The molecule has 0 amide bonds. The van der Waals surface area contributed by atoms with Gasteiger partial charge in [-0.1, -0.05) is 30.3 Å². The van der Waals surface area contributed by atoms with E-state index in [1.807, 2.05) is 49.4 Å².